The Kier molecular flexibility index (Phi) is 5.40. The lowest BCUT2D eigenvalue weighted by molar-refractivity contribution is 0.410. The fourth-order valence-corrected chi connectivity index (χ4v) is 3.74. The molecule has 0 saturated carbocycles. The summed E-state index contributed by atoms with van der Waals surface area (Å²) in [4.78, 5) is 0. The van der Waals surface area contributed by atoms with Crippen LogP contribution in [0.25, 0.3) is 17.1 Å². The number of rotatable bonds is 6. The molecule has 0 N–H and O–H groups in total. The first-order valence-electron chi connectivity index (χ1n) is 8.29. The van der Waals surface area contributed by atoms with Crippen LogP contribution in [0.1, 0.15) is 11.5 Å². The number of nitrogens with zero attached hydrogens (tertiary/aromatic N) is 6. The molecule has 0 unspecified atom stereocenters. The number of thioether (sulfide) groups is 1. The molecule has 0 fully saturated rings. The molecule has 0 saturated heterocycles. The van der Waals surface area contributed by atoms with Gasteiger partial charge in [-0.3, -0.25) is 0 Å². The van der Waals surface area contributed by atoms with Crippen molar-refractivity contribution in [1.82, 2.24) is 30.4 Å². The molecule has 0 aliphatic heterocycles. The Bertz CT molecular complexity index is 1110. The van der Waals surface area contributed by atoms with Gasteiger partial charge in [0.2, 0.25) is 16.9 Å². The van der Waals surface area contributed by atoms with Crippen molar-refractivity contribution >= 4 is 27.7 Å². The van der Waals surface area contributed by atoms with E-state index in [1.807, 2.05) is 49.4 Å². The molecule has 0 amide bonds. The lowest BCUT2D eigenvalue weighted by atomic mass is 10.2. The summed E-state index contributed by atoms with van der Waals surface area (Å²) in [5.41, 5.74) is 2.70. The summed E-state index contributed by atoms with van der Waals surface area (Å²) in [6.45, 7) is 2.00. The van der Waals surface area contributed by atoms with Gasteiger partial charge in [0.1, 0.15) is 11.4 Å². The fourth-order valence-electron chi connectivity index (χ4n) is 2.57. The number of hydrogen-bond donors (Lipinski definition) is 0. The van der Waals surface area contributed by atoms with Gasteiger partial charge in [-0.2, -0.15) is 4.68 Å². The maximum Gasteiger partial charge on any atom is 0.248 e. The third-order valence-electron chi connectivity index (χ3n) is 3.90. The van der Waals surface area contributed by atoms with Crippen molar-refractivity contribution in [3.63, 3.8) is 0 Å². The minimum atomic E-state index is 0.436. The molecule has 0 radical (unpaired) electrons. The monoisotopic (exact) mass is 458 g/mol. The van der Waals surface area contributed by atoms with Crippen LogP contribution in [-0.4, -0.2) is 37.5 Å². The van der Waals surface area contributed by atoms with Gasteiger partial charge in [-0.25, -0.2) is 0 Å². The molecule has 2 heterocycles. The Morgan fingerprint density at radius 2 is 2.00 bits per heavy atom. The number of ether oxygens (including phenoxy) is 1. The normalized spacial score (nSPS) is 11.0. The molecule has 8 nitrogen and oxygen atoms in total. The minimum absolute atomic E-state index is 0.436. The van der Waals surface area contributed by atoms with Gasteiger partial charge in [-0.1, -0.05) is 30.0 Å². The van der Waals surface area contributed by atoms with E-state index >= 15 is 0 Å². The molecule has 0 spiro atoms. The van der Waals surface area contributed by atoms with Crippen molar-refractivity contribution in [3.05, 3.63) is 58.4 Å². The first-order valence-corrected chi connectivity index (χ1v) is 10.1. The average molecular weight is 459 g/mol. The summed E-state index contributed by atoms with van der Waals surface area (Å²) >= 11 is 4.90. The second-order valence-electron chi connectivity index (χ2n) is 5.82. The van der Waals surface area contributed by atoms with Crippen LogP contribution in [0.4, 0.5) is 0 Å². The Labute approximate surface area is 173 Å². The largest absolute Gasteiger partial charge is 0.494 e. The SMILES string of the molecule is COc1ccc(C)cc1-n1nnnc1SCc1nnc(-c2ccccc2Br)o1. The van der Waals surface area contributed by atoms with Crippen LogP contribution in [0.3, 0.4) is 0 Å². The molecule has 2 aromatic heterocycles. The number of benzene rings is 2. The Balaban J connectivity index is 1.54. The number of tetrazole rings is 1. The van der Waals surface area contributed by atoms with Crippen molar-refractivity contribution in [3.8, 4) is 22.9 Å². The van der Waals surface area contributed by atoms with Crippen LogP contribution in [0.2, 0.25) is 0 Å². The molecule has 0 atom stereocenters. The fraction of sp³-hybridized carbons (Fsp3) is 0.167. The van der Waals surface area contributed by atoms with E-state index in [1.165, 1.54) is 11.8 Å². The minimum Gasteiger partial charge on any atom is -0.494 e. The summed E-state index contributed by atoms with van der Waals surface area (Å²) in [5.74, 6) is 2.07. The highest BCUT2D eigenvalue weighted by atomic mass is 79.9. The second-order valence-corrected chi connectivity index (χ2v) is 7.61. The number of hydrogen-bond acceptors (Lipinski definition) is 8. The van der Waals surface area contributed by atoms with Gasteiger partial charge in [0.05, 0.1) is 18.4 Å². The van der Waals surface area contributed by atoms with E-state index in [0.717, 1.165) is 21.3 Å². The zero-order chi connectivity index (χ0) is 19.5. The molecule has 4 aromatic rings. The van der Waals surface area contributed by atoms with Crippen LogP contribution < -0.4 is 4.74 Å². The van der Waals surface area contributed by atoms with Crippen molar-refractivity contribution in [2.45, 2.75) is 17.8 Å². The smallest absolute Gasteiger partial charge is 0.248 e. The summed E-state index contributed by atoms with van der Waals surface area (Å²) in [7, 11) is 1.62. The molecule has 10 heteroatoms. The molecular weight excluding hydrogens is 444 g/mol. The summed E-state index contributed by atoms with van der Waals surface area (Å²) in [6, 6.07) is 13.5. The lowest BCUT2D eigenvalue weighted by Gasteiger charge is -2.09. The second kappa shape index (κ2) is 8.11. The van der Waals surface area contributed by atoms with Crippen LogP contribution in [0.5, 0.6) is 5.75 Å². The van der Waals surface area contributed by atoms with Gasteiger partial charge in [-0.05, 0) is 63.1 Å². The molecule has 28 heavy (non-hydrogen) atoms. The molecule has 0 aliphatic rings. The summed E-state index contributed by atoms with van der Waals surface area (Å²) in [6.07, 6.45) is 0. The number of aromatic nitrogens is 6. The van der Waals surface area contributed by atoms with E-state index < -0.39 is 0 Å². The molecular formula is C18H15BrN6O2S. The van der Waals surface area contributed by atoms with Gasteiger partial charge in [0.25, 0.3) is 0 Å². The van der Waals surface area contributed by atoms with E-state index in [0.29, 0.717) is 28.4 Å². The number of methoxy groups -OCH3 is 1. The van der Waals surface area contributed by atoms with Gasteiger partial charge in [0, 0.05) is 4.47 Å². The van der Waals surface area contributed by atoms with Crippen molar-refractivity contribution in [2.75, 3.05) is 7.11 Å². The molecule has 142 valence electrons. The van der Waals surface area contributed by atoms with Crippen molar-refractivity contribution in [1.29, 1.82) is 0 Å². The van der Waals surface area contributed by atoms with E-state index in [9.17, 15) is 0 Å². The third kappa shape index (κ3) is 3.78. The lowest BCUT2D eigenvalue weighted by Crippen LogP contribution is -2.02. The van der Waals surface area contributed by atoms with Gasteiger partial charge >= 0.3 is 0 Å². The van der Waals surface area contributed by atoms with E-state index in [1.54, 1.807) is 11.8 Å². The van der Waals surface area contributed by atoms with Gasteiger partial charge in [-0.15, -0.1) is 15.3 Å². The number of aryl methyl sites for hydroxylation is 1. The molecule has 4 rings (SSSR count). The maximum absolute atomic E-state index is 5.78. The number of halogens is 1. The Morgan fingerprint density at radius 1 is 1.14 bits per heavy atom. The Hall–Kier alpha value is -2.72. The van der Waals surface area contributed by atoms with Gasteiger partial charge < -0.3 is 9.15 Å². The van der Waals surface area contributed by atoms with E-state index in [-0.39, 0.29) is 0 Å². The first-order chi connectivity index (χ1) is 13.7. The van der Waals surface area contributed by atoms with E-state index in [4.69, 9.17) is 9.15 Å². The third-order valence-corrected chi connectivity index (χ3v) is 5.49. The van der Waals surface area contributed by atoms with Gasteiger partial charge in [0.15, 0.2) is 0 Å². The van der Waals surface area contributed by atoms with Crippen LogP contribution in [0, 0.1) is 6.92 Å². The zero-order valence-electron chi connectivity index (χ0n) is 15.0. The van der Waals surface area contributed by atoms with Crippen LogP contribution in [0.15, 0.2) is 56.5 Å². The summed E-state index contributed by atoms with van der Waals surface area (Å²) < 4.78 is 13.8. The molecule has 0 bridgehead atoms. The topological polar surface area (TPSA) is 91.8 Å². The standard InChI is InChI=1S/C18H15BrN6O2S/c1-11-7-8-15(26-2)14(9-11)25-18(22-23-24-25)28-10-16-20-21-17(27-16)12-5-3-4-6-13(12)19/h3-9H,10H2,1-2H3. The van der Waals surface area contributed by atoms with Crippen LogP contribution >= 0.6 is 27.7 Å². The maximum atomic E-state index is 5.78. The highest BCUT2D eigenvalue weighted by Gasteiger charge is 2.16. The van der Waals surface area contributed by atoms with E-state index in [2.05, 4.69) is 41.7 Å². The quantitative estimate of drug-likeness (QED) is 0.399. The molecule has 0 aliphatic carbocycles. The predicted molar refractivity (Wildman–Crippen MR) is 107 cm³/mol. The van der Waals surface area contributed by atoms with Crippen molar-refractivity contribution in [2.24, 2.45) is 0 Å². The van der Waals surface area contributed by atoms with Crippen LogP contribution in [-0.2, 0) is 5.75 Å². The first kappa shape index (κ1) is 18.6. The Morgan fingerprint density at radius 3 is 2.82 bits per heavy atom. The molecule has 2 aromatic carbocycles. The van der Waals surface area contributed by atoms with Crippen molar-refractivity contribution < 1.29 is 9.15 Å². The zero-order valence-corrected chi connectivity index (χ0v) is 17.4. The highest BCUT2D eigenvalue weighted by Crippen LogP contribution is 2.30. The average Bonchev–Trinajstić information content (AvgIpc) is 3.36. The predicted octanol–water partition coefficient (Wildman–Crippen LogP) is 4.08. The summed E-state index contributed by atoms with van der Waals surface area (Å²) in [5, 5.41) is 20.8. The highest BCUT2D eigenvalue weighted by molar-refractivity contribution is 9.10.